The van der Waals surface area contributed by atoms with Gasteiger partial charge in [0, 0.05) is 5.56 Å². The van der Waals surface area contributed by atoms with Crippen LogP contribution in [-0.4, -0.2) is 11.2 Å². The lowest BCUT2D eigenvalue weighted by atomic mass is 9.97. The first kappa shape index (κ1) is 18.1. The topological polar surface area (TPSA) is 46.2 Å². The van der Waals surface area contributed by atoms with E-state index >= 15 is 0 Å². The Morgan fingerprint density at radius 3 is 1.68 bits per heavy atom. The van der Waals surface area contributed by atoms with Crippen molar-refractivity contribution in [2.24, 2.45) is 5.73 Å². The molecule has 1 aromatic carbocycles. The number of hydrogen-bond donors (Lipinski definition) is 2. The monoisotopic (exact) mass is 305 g/mol. The van der Waals surface area contributed by atoms with Crippen molar-refractivity contribution in [3.63, 3.8) is 0 Å². The fourth-order valence-corrected chi connectivity index (χ4v) is 1.58. The predicted octanol–water partition coefficient (Wildman–Crippen LogP) is 2.96. The summed E-state index contributed by atoms with van der Waals surface area (Å²) >= 11 is 0. The van der Waals surface area contributed by atoms with Crippen LogP contribution in [0.1, 0.15) is 31.4 Å². The maximum Gasteiger partial charge on any atom is 0.200 e. The molecule has 2 nitrogen and oxygen atoms in total. The van der Waals surface area contributed by atoms with E-state index in [1.54, 1.807) is 6.92 Å². The van der Waals surface area contributed by atoms with Crippen LogP contribution in [0.2, 0.25) is 0 Å². The van der Waals surface area contributed by atoms with Gasteiger partial charge in [-0.2, -0.15) is 0 Å². The molecule has 0 fully saturated rings. The van der Waals surface area contributed by atoms with Crippen LogP contribution in [0, 0.1) is 29.1 Å². The Morgan fingerprint density at radius 2 is 1.32 bits per heavy atom. The van der Waals surface area contributed by atoms with Crippen LogP contribution in [0.4, 0.5) is 22.0 Å². The molecule has 0 amide bonds. The summed E-state index contributed by atoms with van der Waals surface area (Å²) in [5.74, 6) is -10.4. The quantitative estimate of drug-likeness (QED) is 0.510. The lowest BCUT2D eigenvalue weighted by Crippen LogP contribution is -2.29. The molecular weight excluding hydrogens is 293 g/mol. The summed E-state index contributed by atoms with van der Waals surface area (Å²) < 4.78 is 65.3. The highest BCUT2D eigenvalue weighted by atomic mass is 35.5. The highest BCUT2D eigenvalue weighted by molar-refractivity contribution is 5.85. The largest absolute Gasteiger partial charge is 0.391 e. The van der Waals surface area contributed by atoms with Crippen molar-refractivity contribution in [2.45, 2.75) is 31.9 Å². The van der Waals surface area contributed by atoms with E-state index in [-0.39, 0.29) is 18.8 Å². The van der Waals surface area contributed by atoms with Gasteiger partial charge in [0.05, 0.1) is 12.1 Å². The van der Waals surface area contributed by atoms with Crippen molar-refractivity contribution in [3.8, 4) is 0 Å². The minimum absolute atomic E-state index is 0. The summed E-state index contributed by atoms with van der Waals surface area (Å²) in [7, 11) is 0. The van der Waals surface area contributed by atoms with Crippen LogP contribution < -0.4 is 5.73 Å². The van der Waals surface area contributed by atoms with Gasteiger partial charge in [0.15, 0.2) is 23.3 Å². The Labute approximate surface area is 112 Å². The Kier molecular flexibility index (Phi) is 6.68. The molecule has 0 radical (unpaired) electrons. The number of benzene rings is 1. The van der Waals surface area contributed by atoms with Gasteiger partial charge in [-0.25, -0.2) is 22.0 Å². The summed E-state index contributed by atoms with van der Waals surface area (Å²) in [6, 6.07) is -1.67. The van der Waals surface area contributed by atoms with Gasteiger partial charge in [-0.15, -0.1) is 12.4 Å². The minimum atomic E-state index is -2.24. The van der Waals surface area contributed by atoms with Crippen LogP contribution in [0.25, 0.3) is 0 Å². The summed E-state index contributed by atoms with van der Waals surface area (Å²) in [5, 5.41) is 9.47. The maximum absolute atomic E-state index is 13.3. The van der Waals surface area contributed by atoms with E-state index in [0.717, 1.165) is 0 Å². The number of rotatable bonds is 4. The summed E-state index contributed by atoms with van der Waals surface area (Å²) in [6.45, 7) is 1.68. The number of hydrogen-bond acceptors (Lipinski definition) is 2. The van der Waals surface area contributed by atoms with Gasteiger partial charge < -0.3 is 10.8 Å². The van der Waals surface area contributed by atoms with Crippen molar-refractivity contribution in [2.75, 3.05) is 0 Å². The molecule has 0 aliphatic heterocycles. The SMILES string of the molecule is CCC[C@H](O)[C@H](N)c1c(F)c(F)c(F)c(F)c1F.Cl. The van der Waals surface area contributed by atoms with Gasteiger partial charge in [-0.05, 0) is 6.42 Å². The average Bonchev–Trinajstić information content (AvgIpc) is 2.34. The second-order valence-corrected chi connectivity index (χ2v) is 3.87. The molecule has 1 rings (SSSR count). The Morgan fingerprint density at radius 1 is 0.947 bits per heavy atom. The molecule has 1 aromatic rings. The number of halogens is 6. The Balaban J connectivity index is 0.00000324. The summed E-state index contributed by atoms with van der Waals surface area (Å²) in [5.41, 5.74) is 4.14. The fourth-order valence-electron chi connectivity index (χ4n) is 1.58. The molecule has 3 N–H and O–H groups in total. The van der Waals surface area contributed by atoms with Gasteiger partial charge in [0.25, 0.3) is 0 Å². The zero-order valence-corrected chi connectivity index (χ0v) is 10.7. The normalized spacial score (nSPS) is 13.9. The molecule has 19 heavy (non-hydrogen) atoms. The Hall–Kier alpha value is -0.920. The van der Waals surface area contributed by atoms with Crippen molar-refractivity contribution >= 4 is 12.4 Å². The third-order valence-corrected chi connectivity index (χ3v) is 2.58. The minimum Gasteiger partial charge on any atom is -0.391 e. The molecule has 0 aliphatic carbocycles. The van der Waals surface area contributed by atoms with Gasteiger partial charge in [-0.3, -0.25) is 0 Å². The van der Waals surface area contributed by atoms with E-state index in [4.69, 9.17) is 5.73 Å². The fraction of sp³-hybridized carbons (Fsp3) is 0.455. The third-order valence-electron chi connectivity index (χ3n) is 2.58. The highest BCUT2D eigenvalue weighted by Gasteiger charge is 2.31. The molecule has 0 aromatic heterocycles. The van der Waals surface area contributed by atoms with E-state index in [0.29, 0.717) is 6.42 Å². The first-order valence-electron chi connectivity index (χ1n) is 5.27. The molecule has 0 saturated carbocycles. The second kappa shape index (κ2) is 7.02. The summed E-state index contributed by atoms with van der Waals surface area (Å²) in [6.07, 6.45) is -0.853. The maximum atomic E-state index is 13.3. The van der Waals surface area contributed by atoms with Crippen molar-refractivity contribution in [1.82, 2.24) is 0 Å². The molecule has 0 unspecified atom stereocenters. The van der Waals surface area contributed by atoms with Gasteiger partial charge in [-0.1, -0.05) is 13.3 Å². The van der Waals surface area contributed by atoms with E-state index in [2.05, 4.69) is 0 Å². The van der Waals surface area contributed by atoms with Crippen LogP contribution in [0.15, 0.2) is 0 Å². The zero-order valence-electron chi connectivity index (χ0n) is 9.89. The number of aliphatic hydroxyl groups excluding tert-OH is 1. The molecule has 0 saturated heterocycles. The second-order valence-electron chi connectivity index (χ2n) is 3.87. The van der Waals surface area contributed by atoms with E-state index in [1.807, 2.05) is 0 Å². The number of nitrogens with two attached hydrogens (primary N) is 1. The van der Waals surface area contributed by atoms with Crippen LogP contribution in [0.3, 0.4) is 0 Å². The predicted molar refractivity (Wildman–Crippen MR) is 61.3 cm³/mol. The van der Waals surface area contributed by atoms with E-state index < -0.39 is 46.8 Å². The third kappa shape index (κ3) is 3.34. The van der Waals surface area contributed by atoms with Crippen molar-refractivity contribution < 1.29 is 27.1 Å². The molecule has 2 atom stereocenters. The standard InChI is InChI=1S/C11H12F5NO.ClH/c1-2-3-4(18)11(17)5-6(12)8(14)10(16)9(15)7(5)13;/h4,11,18H,2-3,17H2,1H3;1H/t4-,11-;/m0./s1. The zero-order chi connectivity index (χ0) is 14.0. The molecule has 8 heteroatoms. The van der Waals surface area contributed by atoms with Crippen LogP contribution in [-0.2, 0) is 0 Å². The molecule has 0 bridgehead atoms. The molecule has 0 spiro atoms. The highest BCUT2D eigenvalue weighted by Crippen LogP contribution is 2.29. The smallest absolute Gasteiger partial charge is 0.200 e. The van der Waals surface area contributed by atoms with Crippen molar-refractivity contribution in [1.29, 1.82) is 0 Å². The molecule has 0 heterocycles. The number of aliphatic hydroxyl groups is 1. The first-order chi connectivity index (χ1) is 8.32. The van der Waals surface area contributed by atoms with Gasteiger partial charge in [0.2, 0.25) is 5.82 Å². The van der Waals surface area contributed by atoms with Crippen LogP contribution >= 0.6 is 12.4 Å². The molecule has 110 valence electrons. The molecule has 0 aliphatic rings. The van der Waals surface area contributed by atoms with Gasteiger partial charge >= 0.3 is 0 Å². The van der Waals surface area contributed by atoms with E-state index in [1.165, 1.54) is 0 Å². The molecular formula is C11H13ClF5NO. The first-order valence-corrected chi connectivity index (χ1v) is 5.27. The lowest BCUT2D eigenvalue weighted by molar-refractivity contribution is 0.130. The Bertz CT molecular complexity index is 428. The average molecular weight is 306 g/mol. The lowest BCUT2D eigenvalue weighted by Gasteiger charge is -2.20. The van der Waals surface area contributed by atoms with E-state index in [9.17, 15) is 27.1 Å². The van der Waals surface area contributed by atoms with Gasteiger partial charge in [0.1, 0.15) is 0 Å². The summed E-state index contributed by atoms with van der Waals surface area (Å²) in [4.78, 5) is 0. The van der Waals surface area contributed by atoms with Crippen molar-refractivity contribution in [3.05, 3.63) is 34.6 Å². The van der Waals surface area contributed by atoms with Crippen LogP contribution in [0.5, 0.6) is 0 Å².